The van der Waals surface area contributed by atoms with Crippen molar-refractivity contribution in [3.05, 3.63) is 0 Å². The Morgan fingerprint density at radius 2 is 1.90 bits per heavy atom. The number of hydrogen-bond acceptors (Lipinski definition) is 5. The van der Waals surface area contributed by atoms with E-state index in [0.29, 0.717) is 25.9 Å². The van der Waals surface area contributed by atoms with Gasteiger partial charge < -0.3 is 19.7 Å². The van der Waals surface area contributed by atoms with Crippen molar-refractivity contribution in [2.45, 2.75) is 51.7 Å². The number of ether oxygens (including phenoxy) is 2. The lowest BCUT2D eigenvalue weighted by atomic mass is 9.89. The zero-order valence-electron chi connectivity index (χ0n) is 13.1. The second-order valence-electron chi connectivity index (χ2n) is 6.01. The highest BCUT2D eigenvalue weighted by atomic mass is 16.6. The third-order valence-electron chi connectivity index (χ3n) is 3.10. The molecule has 7 nitrogen and oxygen atoms in total. The molecular weight excluding hydrogens is 274 g/mol. The van der Waals surface area contributed by atoms with Gasteiger partial charge >= 0.3 is 12.2 Å². The van der Waals surface area contributed by atoms with Crippen LogP contribution in [0.15, 0.2) is 0 Å². The van der Waals surface area contributed by atoms with E-state index in [9.17, 15) is 14.9 Å². The molecule has 0 atom stereocenters. The fraction of sp³-hybridized carbons (Fsp3) is 0.786. The van der Waals surface area contributed by atoms with Gasteiger partial charge in [0, 0.05) is 25.9 Å². The molecule has 118 valence electrons. The smallest absolute Gasteiger partial charge is 0.410 e. The van der Waals surface area contributed by atoms with Gasteiger partial charge in [0.2, 0.25) is 0 Å². The molecule has 1 N–H and O–H groups in total. The first-order valence-electron chi connectivity index (χ1n) is 7.05. The van der Waals surface area contributed by atoms with E-state index in [4.69, 9.17) is 9.47 Å². The van der Waals surface area contributed by atoms with E-state index in [-0.39, 0.29) is 6.61 Å². The van der Waals surface area contributed by atoms with Crippen molar-refractivity contribution in [1.82, 2.24) is 10.2 Å². The minimum atomic E-state index is -0.981. The molecule has 0 unspecified atom stereocenters. The van der Waals surface area contributed by atoms with E-state index in [1.54, 1.807) is 32.6 Å². The van der Waals surface area contributed by atoms with E-state index in [1.807, 2.05) is 0 Å². The molecule has 0 radical (unpaired) electrons. The first-order chi connectivity index (χ1) is 9.71. The predicted octanol–water partition coefficient (Wildman–Crippen LogP) is 2.03. The molecule has 0 aromatic heterocycles. The molecule has 2 amide bonds. The first kappa shape index (κ1) is 17.1. The summed E-state index contributed by atoms with van der Waals surface area (Å²) in [7, 11) is 0. The van der Waals surface area contributed by atoms with Gasteiger partial charge in [-0.15, -0.1) is 0 Å². The number of nitriles is 1. The lowest BCUT2D eigenvalue weighted by Crippen LogP contribution is -2.55. The van der Waals surface area contributed by atoms with Gasteiger partial charge in [-0.05, 0) is 27.7 Å². The maximum atomic E-state index is 11.9. The topological polar surface area (TPSA) is 91.7 Å². The number of carbonyl (C=O) groups excluding carboxylic acids is 2. The van der Waals surface area contributed by atoms with Gasteiger partial charge in [-0.25, -0.2) is 9.59 Å². The van der Waals surface area contributed by atoms with Crippen LogP contribution in [0.4, 0.5) is 9.59 Å². The number of carbonyl (C=O) groups is 2. The van der Waals surface area contributed by atoms with Crippen LogP contribution in [0.1, 0.15) is 40.5 Å². The highest BCUT2D eigenvalue weighted by Gasteiger charge is 2.38. The third kappa shape index (κ3) is 5.14. The van der Waals surface area contributed by atoms with Gasteiger partial charge in [0.05, 0.1) is 12.7 Å². The molecule has 0 aromatic carbocycles. The number of hydrogen-bond donors (Lipinski definition) is 1. The molecule has 0 saturated carbocycles. The average Bonchev–Trinajstić information content (AvgIpc) is 2.37. The van der Waals surface area contributed by atoms with Crippen LogP contribution in [0, 0.1) is 11.3 Å². The van der Waals surface area contributed by atoms with Crippen molar-refractivity contribution in [3.63, 3.8) is 0 Å². The number of likely N-dealkylation sites (tertiary alicyclic amines) is 1. The highest BCUT2D eigenvalue weighted by molar-refractivity contribution is 5.70. The Balaban J connectivity index is 2.58. The van der Waals surface area contributed by atoms with E-state index in [0.717, 1.165) is 0 Å². The van der Waals surface area contributed by atoms with Crippen LogP contribution in [0.5, 0.6) is 0 Å². The average molecular weight is 297 g/mol. The fourth-order valence-corrected chi connectivity index (χ4v) is 2.02. The van der Waals surface area contributed by atoms with Gasteiger partial charge in [-0.2, -0.15) is 5.26 Å². The Hall–Kier alpha value is -1.97. The van der Waals surface area contributed by atoms with Crippen LogP contribution in [0.2, 0.25) is 0 Å². The number of nitrogens with zero attached hydrogens (tertiary/aromatic N) is 2. The Bertz CT molecular complexity index is 428. The Labute approximate surface area is 125 Å². The molecule has 0 aliphatic carbocycles. The molecule has 7 heteroatoms. The predicted molar refractivity (Wildman–Crippen MR) is 75.5 cm³/mol. The van der Waals surface area contributed by atoms with Gasteiger partial charge in [-0.1, -0.05) is 0 Å². The van der Waals surface area contributed by atoms with Crippen LogP contribution in [0.3, 0.4) is 0 Å². The van der Waals surface area contributed by atoms with Crippen molar-refractivity contribution in [3.8, 4) is 6.07 Å². The number of amides is 2. The van der Waals surface area contributed by atoms with Gasteiger partial charge in [0.1, 0.15) is 11.1 Å². The van der Waals surface area contributed by atoms with Crippen molar-refractivity contribution in [1.29, 1.82) is 5.26 Å². The second kappa shape index (κ2) is 6.66. The lowest BCUT2D eigenvalue weighted by Gasteiger charge is -2.37. The maximum Gasteiger partial charge on any atom is 0.410 e. The maximum absolute atomic E-state index is 11.9. The second-order valence-corrected chi connectivity index (χ2v) is 6.01. The summed E-state index contributed by atoms with van der Waals surface area (Å²) < 4.78 is 10.1. The zero-order valence-corrected chi connectivity index (χ0v) is 13.1. The minimum Gasteiger partial charge on any atom is -0.450 e. The van der Waals surface area contributed by atoms with Gasteiger partial charge in [0.15, 0.2) is 0 Å². The molecule has 0 bridgehead atoms. The van der Waals surface area contributed by atoms with E-state index >= 15 is 0 Å². The van der Waals surface area contributed by atoms with Crippen LogP contribution in [0.25, 0.3) is 0 Å². The van der Waals surface area contributed by atoms with Gasteiger partial charge in [-0.3, -0.25) is 0 Å². The largest absolute Gasteiger partial charge is 0.450 e. The molecule has 0 spiro atoms. The monoisotopic (exact) mass is 297 g/mol. The van der Waals surface area contributed by atoms with E-state index in [2.05, 4.69) is 11.4 Å². The molecule has 1 rings (SSSR count). The molecule has 1 aliphatic rings. The molecule has 0 aromatic rings. The normalized spacial score (nSPS) is 17.6. The van der Waals surface area contributed by atoms with Gasteiger partial charge in [0.25, 0.3) is 0 Å². The first-order valence-corrected chi connectivity index (χ1v) is 7.05. The Kier molecular flexibility index (Phi) is 5.41. The van der Waals surface area contributed by atoms with E-state index in [1.165, 1.54) is 0 Å². The number of rotatable bonds is 2. The Morgan fingerprint density at radius 1 is 1.33 bits per heavy atom. The fourth-order valence-electron chi connectivity index (χ4n) is 2.02. The zero-order chi connectivity index (χ0) is 16.1. The number of nitrogens with one attached hydrogen (secondary N) is 1. The molecule has 1 heterocycles. The third-order valence-corrected chi connectivity index (χ3v) is 3.10. The summed E-state index contributed by atoms with van der Waals surface area (Å²) in [5.41, 5.74) is -1.53. The molecular formula is C14H23N3O4. The van der Waals surface area contributed by atoms with Crippen LogP contribution < -0.4 is 5.32 Å². The standard InChI is InChI=1S/C14H23N3O4/c1-5-20-11(18)16-14(10-15)6-8-17(9-7-14)12(19)21-13(2,3)4/h5-9H2,1-4H3,(H,16,18). The molecule has 1 saturated heterocycles. The SMILES string of the molecule is CCOC(=O)NC1(C#N)CCN(C(=O)OC(C)(C)C)CC1. The lowest BCUT2D eigenvalue weighted by molar-refractivity contribution is 0.0175. The summed E-state index contributed by atoms with van der Waals surface area (Å²) in [5, 5.41) is 11.9. The van der Waals surface area contributed by atoms with Crippen LogP contribution in [-0.2, 0) is 9.47 Å². The van der Waals surface area contributed by atoms with E-state index < -0.39 is 23.3 Å². The highest BCUT2D eigenvalue weighted by Crippen LogP contribution is 2.23. The van der Waals surface area contributed by atoms with Crippen molar-refractivity contribution < 1.29 is 19.1 Å². The minimum absolute atomic E-state index is 0.247. The number of piperidine rings is 1. The summed E-state index contributed by atoms with van der Waals surface area (Å²) in [6.07, 6.45) is -0.307. The van der Waals surface area contributed by atoms with Crippen molar-refractivity contribution in [2.75, 3.05) is 19.7 Å². The molecule has 1 aliphatic heterocycles. The van der Waals surface area contributed by atoms with Crippen molar-refractivity contribution >= 4 is 12.2 Å². The van der Waals surface area contributed by atoms with Crippen molar-refractivity contribution in [2.24, 2.45) is 0 Å². The summed E-state index contributed by atoms with van der Waals surface area (Å²) in [4.78, 5) is 25.0. The summed E-state index contributed by atoms with van der Waals surface area (Å²) >= 11 is 0. The molecule has 1 fully saturated rings. The quantitative estimate of drug-likeness (QED) is 0.842. The summed E-state index contributed by atoms with van der Waals surface area (Å²) in [5.74, 6) is 0. The van der Waals surface area contributed by atoms with Crippen LogP contribution in [-0.4, -0.2) is 47.9 Å². The summed E-state index contributed by atoms with van der Waals surface area (Å²) in [6.45, 7) is 8.06. The number of alkyl carbamates (subject to hydrolysis) is 1. The molecule has 21 heavy (non-hydrogen) atoms. The Morgan fingerprint density at radius 3 is 2.33 bits per heavy atom. The summed E-state index contributed by atoms with van der Waals surface area (Å²) in [6, 6.07) is 2.12. The van der Waals surface area contributed by atoms with Crippen LogP contribution >= 0.6 is 0 Å².